The molecule has 4 heteroatoms. The highest BCUT2D eigenvalue weighted by atomic mass is 32.2. The van der Waals surface area contributed by atoms with Crippen molar-refractivity contribution in [1.82, 2.24) is 0 Å². The molecule has 0 spiro atoms. The monoisotopic (exact) mass is 267 g/mol. The van der Waals surface area contributed by atoms with Crippen LogP contribution in [0.3, 0.4) is 0 Å². The number of rotatable bonds is 2. The third kappa shape index (κ3) is 2.59. The average Bonchev–Trinajstić information content (AvgIpc) is 2.28. The van der Waals surface area contributed by atoms with Crippen molar-refractivity contribution >= 4 is 9.84 Å². The van der Waals surface area contributed by atoms with E-state index in [2.05, 4.69) is 0 Å². The fraction of sp³-hybridized carbons (Fsp3) is 0.571. The average molecular weight is 267 g/mol. The molecule has 0 aromatic heterocycles. The van der Waals surface area contributed by atoms with Crippen LogP contribution in [0, 0.1) is 6.92 Å². The summed E-state index contributed by atoms with van der Waals surface area (Å²) in [4.78, 5) is 0.409. The van der Waals surface area contributed by atoms with Crippen molar-refractivity contribution in [2.45, 2.75) is 49.5 Å². The summed E-state index contributed by atoms with van der Waals surface area (Å²) in [7, 11) is -3.22. The third-order valence-corrected chi connectivity index (χ3v) is 4.96. The molecular weight excluding hydrogens is 246 g/mol. The summed E-state index contributed by atoms with van der Waals surface area (Å²) in [5.41, 5.74) is 7.75. The molecule has 0 aliphatic heterocycles. The number of hydrogen-bond acceptors (Lipinski definition) is 3. The van der Waals surface area contributed by atoms with Crippen molar-refractivity contribution < 1.29 is 8.42 Å². The first-order valence-corrected chi connectivity index (χ1v) is 8.32. The zero-order chi connectivity index (χ0) is 13.4. The van der Waals surface area contributed by atoms with E-state index in [1.54, 1.807) is 6.07 Å². The minimum Gasteiger partial charge on any atom is -0.321 e. The standard InChI is InChI=1S/C14H21NO2S/c1-11-6-7-12(13(10-11)18(2,16)17)14(15)8-4-3-5-9-14/h6-7,10H,3-5,8-9,15H2,1-2H3. The van der Waals surface area contributed by atoms with E-state index in [0.717, 1.165) is 36.8 Å². The third-order valence-electron chi connectivity index (χ3n) is 3.82. The Balaban J connectivity index is 2.57. The molecule has 0 unspecified atom stereocenters. The number of hydrogen-bond donors (Lipinski definition) is 1. The van der Waals surface area contributed by atoms with Gasteiger partial charge in [0.25, 0.3) is 0 Å². The molecule has 1 aliphatic carbocycles. The van der Waals surface area contributed by atoms with Crippen molar-refractivity contribution in [1.29, 1.82) is 0 Å². The first kappa shape index (κ1) is 13.6. The lowest BCUT2D eigenvalue weighted by Gasteiger charge is -2.35. The molecule has 3 nitrogen and oxygen atoms in total. The molecule has 1 aliphatic rings. The van der Waals surface area contributed by atoms with Crippen LogP contribution in [0.2, 0.25) is 0 Å². The van der Waals surface area contributed by atoms with Gasteiger partial charge in [-0.1, -0.05) is 31.4 Å². The van der Waals surface area contributed by atoms with Gasteiger partial charge in [-0.2, -0.15) is 0 Å². The Labute approximate surface area is 109 Å². The van der Waals surface area contributed by atoms with Gasteiger partial charge in [0.05, 0.1) is 4.90 Å². The maximum Gasteiger partial charge on any atom is 0.175 e. The molecule has 2 rings (SSSR count). The van der Waals surface area contributed by atoms with Crippen LogP contribution in [0.25, 0.3) is 0 Å². The summed E-state index contributed by atoms with van der Waals surface area (Å²) in [5.74, 6) is 0. The Morgan fingerprint density at radius 2 is 1.78 bits per heavy atom. The number of aryl methyl sites for hydroxylation is 1. The number of benzene rings is 1. The Kier molecular flexibility index (Phi) is 3.52. The topological polar surface area (TPSA) is 60.2 Å². The van der Waals surface area contributed by atoms with Gasteiger partial charge >= 0.3 is 0 Å². The minimum atomic E-state index is -3.22. The maximum atomic E-state index is 11.9. The fourth-order valence-electron chi connectivity index (χ4n) is 2.80. The van der Waals surface area contributed by atoms with E-state index in [1.165, 1.54) is 12.7 Å². The van der Waals surface area contributed by atoms with Crippen molar-refractivity contribution in [3.8, 4) is 0 Å². The predicted molar refractivity (Wildman–Crippen MR) is 73.2 cm³/mol. The lowest BCUT2D eigenvalue weighted by molar-refractivity contribution is 0.297. The highest BCUT2D eigenvalue weighted by molar-refractivity contribution is 7.90. The van der Waals surface area contributed by atoms with Crippen molar-refractivity contribution in [2.75, 3.05) is 6.26 Å². The van der Waals surface area contributed by atoms with Crippen LogP contribution in [0.4, 0.5) is 0 Å². The van der Waals surface area contributed by atoms with Gasteiger partial charge in [-0.25, -0.2) is 8.42 Å². The molecule has 0 radical (unpaired) electrons. The minimum absolute atomic E-state index is 0.409. The lowest BCUT2D eigenvalue weighted by Crippen LogP contribution is -2.39. The summed E-state index contributed by atoms with van der Waals surface area (Å²) in [5, 5.41) is 0. The molecule has 0 heterocycles. The summed E-state index contributed by atoms with van der Waals surface area (Å²) in [6, 6.07) is 5.60. The van der Waals surface area contributed by atoms with E-state index in [-0.39, 0.29) is 0 Å². The first-order chi connectivity index (χ1) is 8.33. The Hall–Kier alpha value is -0.870. The SMILES string of the molecule is Cc1ccc(C2(N)CCCCC2)c(S(C)(=O)=O)c1. The molecule has 18 heavy (non-hydrogen) atoms. The molecular formula is C14H21NO2S. The van der Waals surface area contributed by atoms with Crippen molar-refractivity contribution in [3.05, 3.63) is 29.3 Å². The van der Waals surface area contributed by atoms with Crippen LogP contribution in [0.15, 0.2) is 23.1 Å². The molecule has 0 saturated heterocycles. The molecule has 1 aromatic carbocycles. The summed E-state index contributed by atoms with van der Waals surface area (Å²) in [6.07, 6.45) is 6.36. The van der Waals surface area contributed by atoms with Crippen LogP contribution >= 0.6 is 0 Å². The number of sulfone groups is 1. The summed E-state index contributed by atoms with van der Waals surface area (Å²) >= 11 is 0. The van der Waals surface area contributed by atoms with Gasteiger partial charge < -0.3 is 5.73 Å². The second kappa shape index (κ2) is 4.67. The highest BCUT2D eigenvalue weighted by Gasteiger charge is 2.33. The Bertz CT molecular complexity index is 543. The van der Waals surface area contributed by atoms with Gasteiger partial charge in [0, 0.05) is 11.8 Å². The first-order valence-electron chi connectivity index (χ1n) is 6.43. The smallest absolute Gasteiger partial charge is 0.175 e. The predicted octanol–water partition coefficient (Wildman–Crippen LogP) is 2.52. The Morgan fingerprint density at radius 3 is 2.33 bits per heavy atom. The van der Waals surface area contributed by atoms with Crippen molar-refractivity contribution in [3.63, 3.8) is 0 Å². The fourth-order valence-corrected chi connectivity index (χ4v) is 3.87. The normalized spacial score (nSPS) is 19.7. The van der Waals surface area contributed by atoms with Gasteiger partial charge in [-0.05, 0) is 37.0 Å². The van der Waals surface area contributed by atoms with E-state index in [4.69, 9.17) is 5.73 Å². The molecule has 1 aromatic rings. The van der Waals surface area contributed by atoms with Crippen LogP contribution in [-0.2, 0) is 15.4 Å². The van der Waals surface area contributed by atoms with Gasteiger partial charge in [0.15, 0.2) is 9.84 Å². The number of nitrogens with two attached hydrogens (primary N) is 1. The molecule has 0 atom stereocenters. The van der Waals surface area contributed by atoms with Crippen LogP contribution < -0.4 is 5.73 Å². The quantitative estimate of drug-likeness (QED) is 0.895. The van der Waals surface area contributed by atoms with Crippen LogP contribution in [0.5, 0.6) is 0 Å². The van der Waals surface area contributed by atoms with E-state index in [0.29, 0.717) is 4.90 Å². The van der Waals surface area contributed by atoms with Gasteiger partial charge in [0.1, 0.15) is 0 Å². The van der Waals surface area contributed by atoms with Gasteiger partial charge in [-0.3, -0.25) is 0 Å². The van der Waals surface area contributed by atoms with Gasteiger partial charge in [0.2, 0.25) is 0 Å². The zero-order valence-electron chi connectivity index (χ0n) is 11.1. The molecule has 0 bridgehead atoms. The Morgan fingerprint density at radius 1 is 1.17 bits per heavy atom. The zero-order valence-corrected chi connectivity index (χ0v) is 11.9. The molecule has 0 amide bonds. The molecule has 2 N–H and O–H groups in total. The van der Waals surface area contributed by atoms with Crippen molar-refractivity contribution in [2.24, 2.45) is 5.73 Å². The second-order valence-electron chi connectivity index (χ2n) is 5.49. The molecule has 1 fully saturated rings. The lowest BCUT2D eigenvalue weighted by atomic mass is 9.77. The van der Waals surface area contributed by atoms with Crippen LogP contribution in [0.1, 0.15) is 43.2 Å². The molecule has 1 saturated carbocycles. The van der Waals surface area contributed by atoms with E-state index in [1.807, 2.05) is 19.1 Å². The largest absolute Gasteiger partial charge is 0.321 e. The summed E-state index contributed by atoms with van der Waals surface area (Å²) < 4.78 is 23.9. The maximum absolute atomic E-state index is 11.9. The second-order valence-corrected chi connectivity index (χ2v) is 7.47. The van der Waals surface area contributed by atoms with E-state index in [9.17, 15) is 8.42 Å². The van der Waals surface area contributed by atoms with E-state index < -0.39 is 15.4 Å². The van der Waals surface area contributed by atoms with Crippen LogP contribution in [-0.4, -0.2) is 14.7 Å². The summed E-state index contributed by atoms with van der Waals surface area (Å²) in [6.45, 7) is 1.91. The van der Waals surface area contributed by atoms with E-state index >= 15 is 0 Å². The highest BCUT2D eigenvalue weighted by Crippen LogP contribution is 2.38. The molecule has 100 valence electrons. The van der Waals surface area contributed by atoms with Gasteiger partial charge in [-0.15, -0.1) is 0 Å².